The average molecular weight is 404 g/mol. The SMILES string of the molecule is CC(C)CN1CCN(C(=NCc2ccc([N+](=O)[O-])cc2)NCC2CCOC2)CC1. The van der Waals surface area contributed by atoms with Crippen LogP contribution in [-0.4, -0.2) is 73.2 Å². The zero-order valence-corrected chi connectivity index (χ0v) is 17.5. The first-order chi connectivity index (χ1) is 14.0. The van der Waals surface area contributed by atoms with Crippen LogP contribution in [-0.2, 0) is 11.3 Å². The third-order valence-electron chi connectivity index (χ3n) is 5.43. The summed E-state index contributed by atoms with van der Waals surface area (Å²) in [5.41, 5.74) is 1.08. The van der Waals surface area contributed by atoms with Gasteiger partial charge in [-0.05, 0) is 17.9 Å². The summed E-state index contributed by atoms with van der Waals surface area (Å²) in [6.07, 6.45) is 1.09. The molecule has 2 aliphatic heterocycles. The Hall–Kier alpha value is -2.19. The lowest BCUT2D eigenvalue weighted by molar-refractivity contribution is -0.384. The van der Waals surface area contributed by atoms with Gasteiger partial charge in [-0.25, -0.2) is 4.99 Å². The van der Waals surface area contributed by atoms with E-state index in [2.05, 4.69) is 29.0 Å². The van der Waals surface area contributed by atoms with Gasteiger partial charge in [-0.1, -0.05) is 26.0 Å². The van der Waals surface area contributed by atoms with E-state index < -0.39 is 0 Å². The Balaban J connectivity index is 1.62. The molecule has 8 heteroatoms. The van der Waals surface area contributed by atoms with E-state index in [9.17, 15) is 10.1 Å². The van der Waals surface area contributed by atoms with Crippen LogP contribution in [0.5, 0.6) is 0 Å². The molecule has 160 valence electrons. The highest BCUT2D eigenvalue weighted by Crippen LogP contribution is 2.14. The molecule has 0 aliphatic carbocycles. The molecule has 2 fully saturated rings. The molecule has 0 spiro atoms. The van der Waals surface area contributed by atoms with E-state index in [-0.39, 0.29) is 10.6 Å². The maximum Gasteiger partial charge on any atom is 0.269 e. The minimum Gasteiger partial charge on any atom is -0.381 e. The second-order valence-electron chi connectivity index (χ2n) is 8.36. The Bertz CT molecular complexity index is 678. The van der Waals surface area contributed by atoms with Gasteiger partial charge in [-0.3, -0.25) is 15.0 Å². The second-order valence-corrected chi connectivity index (χ2v) is 8.36. The smallest absolute Gasteiger partial charge is 0.269 e. The highest BCUT2D eigenvalue weighted by Gasteiger charge is 2.22. The standard InChI is InChI=1S/C21H33N5O3/c1-17(2)15-24-8-10-25(11-9-24)21(23-14-19-7-12-29-16-19)22-13-18-3-5-20(6-4-18)26(27)28/h3-6,17,19H,7-16H2,1-2H3,(H,22,23). The first-order valence-corrected chi connectivity index (χ1v) is 10.6. The number of rotatable bonds is 7. The molecule has 2 aliphatic rings. The molecule has 1 atom stereocenters. The zero-order chi connectivity index (χ0) is 20.6. The number of guanidine groups is 1. The molecule has 3 rings (SSSR count). The number of hydrogen-bond donors (Lipinski definition) is 1. The van der Waals surface area contributed by atoms with Crippen LogP contribution in [0, 0.1) is 22.0 Å². The van der Waals surface area contributed by atoms with Crippen LogP contribution in [0.3, 0.4) is 0 Å². The monoisotopic (exact) mass is 403 g/mol. The van der Waals surface area contributed by atoms with Gasteiger partial charge in [-0.15, -0.1) is 0 Å². The van der Waals surface area contributed by atoms with Gasteiger partial charge in [0.05, 0.1) is 18.1 Å². The predicted molar refractivity (Wildman–Crippen MR) is 114 cm³/mol. The first-order valence-electron chi connectivity index (χ1n) is 10.6. The van der Waals surface area contributed by atoms with Crippen molar-refractivity contribution >= 4 is 11.6 Å². The molecular weight excluding hydrogens is 370 g/mol. The van der Waals surface area contributed by atoms with E-state index in [4.69, 9.17) is 9.73 Å². The lowest BCUT2D eigenvalue weighted by atomic mass is 10.1. The molecular formula is C21H33N5O3. The number of ether oxygens (including phenoxy) is 1. The lowest BCUT2D eigenvalue weighted by Gasteiger charge is -2.37. The third-order valence-corrected chi connectivity index (χ3v) is 5.43. The van der Waals surface area contributed by atoms with E-state index in [1.807, 2.05) is 0 Å². The Labute approximate surface area is 173 Å². The highest BCUT2D eigenvalue weighted by atomic mass is 16.6. The molecule has 0 radical (unpaired) electrons. The number of piperazine rings is 1. The van der Waals surface area contributed by atoms with Crippen molar-refractivity contribution in [3.05, 3.63) is 39.9 Å². The minimum absolute atomic E-state index is 0.110. The molecule has 0 saturated carbocycles. The van der Waals surface area contributed by atoms with Crippen molar-refractivity contribution in [3.8, 4) is 0 Å². The summed E-state index contributed by atoms with van der Waals surface area (Å²) < 4.78 is 5.49. The van der Waals surface area contributed by atoms with Gasteiger partial charge >= 0.3 is 0 Å². The van der Waals surface area contributed by atoms with Crippen LogP contribution in [0.4, 0.5) is 5.69 Å². The number of benzene rings is 1. The van der Waals surface area contributed by atoms with Crippen LogP contribution in [0.25, 0.3) is 0 Å². The van der Waals surface area contributed by atoms with E-state index in [0.29, 0.717) is 18.4 Å². The molecule has 1 unspecified atom stereocenters. The molecule has 8 nitrogen and oxygen atoms in total. The molecule has 0 aromatic heterocycles. The van der Waals surface area contributed by atoms with Gasteiger partial charge < -0.3 is 15.0 Å². The van der Waals surface area contributed by atoms with Crippen LogP contribution in [0.2, 0.25) is 0 Å². The van der Waals surface area contributed by atoms with Gasteiger partial charge in [0.15, 0.2) is 5.96 Å². The van der Waals surface area contributed by atoms with Gasteiger partial charge in [0.1, 0.15) is 0 Å². The van der Waals surface area contributed by atoms with Crippen molar-refractivity contribution < 1.29 is 9.66 Å². The van der Waals surface area contributed by atoms with Gasteiger partial charge in [0, 0.05) is 63.9 Å². The largest absolute Gasteiger partial charge is 0.381 e. The summed E-state index contributed by atoms with van der Waals surface area (Å²) in [4.78, 5) is 20.1. The Morgan fingerprint density at radius 3 is 2.59 bits per heavy atom. The first kappa shape index (κ1) is 21.5. The van der Waals surface area contributed by atoms with Crippen molar-refractivity contribution in [2.45, 2.75) is 26.8 Å². The predicted octanol–water partition coefficient (Wildman–Crippen LogP) is 2.35. The van der Waals surface area contributed by atoms with Crippen molar-refractivity contribution in [2.24, 2.45) is 16.8 Å². The topological polar surface area (TPSA) is 83.2 Å². The fraction of sp³-hybridized carbons (Fsp3) is 0.667. The summed E-state index contributed by atoms with van der Waals surface area (Å²) in [5.74, 6) is 2.14. The van der Waals surface area contributed by atoms with E-state index in [1.165, 1.54) is 0 Å². The molecule has 0 amide bonds. The second kappa shape index (κ2) is 10.5. The molecule has 1 aromatic carbocycles. The molecule has 1 N–H and O–H groups in total. The summed E-state index contributed by atoms with van der Waals surface area (Å²) in [7, 11) is 0. The van der Waals surface area contributed by atoms with Gasteiger partial charge in [0.25, 0.3) is 5.69 Å². The van der Waals surface area contributed by atoms with E-state index >= 15 is 0 Å². The summed E-state index contributed by atoms with van der Waals surface area (Å²) >= 11 is 0. The van der Waals surface area contributed by atoms with Gasteiger partial charge in [0.2, 0.25) is 0 Å². The van der Waals surface area contributed by atoms with Crippen LogP contribution < -0.4 is 5.32 Å². The van der Waals surface area contributed by atoms with Crippen molar-refractivity contribution in [2.75, 3.05) is 52.5 Å². The van der Waals surface area contributed by atoms with E-state index in [0.717, 1.165) is 70.4 Å². The highest BCUT2D eigenvalue weighted by molar-refractivity contribution is 5.80. The van der Waals surface area contributed by atoms with Gasteiger partial charge in [-0.2, -0.15) is 0 Å². The normalized spacial score (nSPS) is 21.0. The quantitative estimate of drug-likeness (QED) is 0.326. The lowest BCUT2D eigenvalue weighted by Crippen LogP contribution is -2.53. The number of nitrogens with one attached hydrogen (secondary N) is 1. The number of hydrogen-bond acceptors (Lipinski definition) is 5. The Kier molecular flexibility index (Phi) is 7.83. The molecule has 2 heterocycles. The fourth-order valence-electron chi connectivity index (χ4n) is 3.80. The summed E-state index contributed by atoms with van der Waals surface area (Å²) in [6, 6.07) is 6.65. The number of non-ortho nitro benzene ring substituents is 1. The van der Waals surface area contributed by atoms with Crippen molar-refractivity contribution in [1.29, 1.82) is 0 Å². The minimum atomic E-state index is -0.375. The zero-order valence-electron chi connectivity index (χ0n) is 17.5. The molecule has 29 heavy (non-hydrogen) atoms. The third kappa shape index (κ3) is 6.68. The van der Waals surface area contributed by atoms with Crippen LogP contribution in [0.1, 0.15) is 25.8 Å². The number of aliphatic imine (C=N–C) groups is 1. The summed E-state index contributed by atoms with van der Waals surface area (Å²) in [6.45, 7) is 12.7. The Morgan fingerprint density at radius 1 is 1.28 bits per heavy atom. The number of nitro benzene ring substituents is 1. The number of nitro groups is 1. The van der Waals surface area contributed by atoms with Crippen LogP contribution in [0.15, 0.2) is 29.3 Å². The van der Waals surface area contributed by atoms with E-state index in [1.54, 1.807) is 24.3 Å². The summed E-state index contributed by atoms with van der Waals surface area (Å²) in [5, 5.41) is 14.4. The molecule has 2 saturated heterocycles. The van der Waals surface area contributed by atoms with Crippen molar-refractivity contribution in [3.63, 3.8) is 0 Å². The maximum absolute atomic E-state index is 10.8. The molecule has 1 aromatic rings. The fourth-order valence-corrected chi connectivity index (χ4v) is 3.80. The Morgan fingerprint density at radius 2 is 2.00 bits per heavy atom. The number of nitrogens with zero attached hydrogens (tertiary/aromatic N) is 4. The maximum atomic E-state index is 10.8. The average Bonchev–Trinajstić information content (AvgIpc) is 3.22. The van der Waals surface area contributed by atoms with Crippen LogP contribution >= 0.6 is 0 Å². The molecule has 0 bridgehead atoms. The van der Waals surface area contributed by atoms with Crippen molar-refractivity contribution in [1.82, 2.24) is 15.1 Å².